The average Bonchev–Trinajstić information content (AvgIpc) is 2.65. The smallest absolute Gasteiger partial charge is 0.350 e. The highest BCUT2D eigenvalue weighted by molar-refractivity contribution is 7.21. The van der Waals surface area contributed by atoms with Crippen molar-refractivity contribution in [1.82, 2.24) is 0 Å². The second-order valence-electron chi connectivity index (χ2n) is 3.73. The van der Waals surface area contributed by atoms with Crippen LogP contribution in [0.2, 0.25) is 0 Å². The van der Waals surface area contributed by atoms with Crippen molar-refractivity contribution in [3.63, 3.8) is 0 Å². The summed E-state index contributed by atoms with van der Waals surface area (Å²) in [5.41, 5.74) is 6.94. The Morgan fingerprint density at radius 3 is 2.72 bits per heavy atom. The number of thiophene rings is 1. The highest BCUT2D eigenvalue weighted by Gasteiger charge is 2.16. The Bertz CT molecular complexity index is 634. The number of nitrogens with two attached hydrogens (primary N) is 1. The lowest BCUT2D eigenvalue weighted by atomic mass is 10.2. The number of anilines is 2. The number of nitrogen functional groups attached to an aromatic ring is 1. The number of amides is 1. The molecule has 2 aromatic rings. The van der Waals surface area contributed by atoms with Gasteiger partial charge in [-0.25, -0.2) is 4.79 Å². The molecule has 18 heavy (non-hydrogen) atoms. The summed E-state index contributed by atoms with van der Waals surface area (Å²) in [5, 5.41) is 3.41. The maximum Gasteiger partial charge on any atom is 0.350 e. The van der Waals surface area contributed by atoms with Crippen LogP contribution in [0.1, 0.15) is 16.6 Å². The van der Waals surface area contributed by atoms with Gasteiger partial charge < -0.3 is 15.8 Å². The lowest BCUT2D eigenvalue weighted by Gasteiger charge is -2.01. The Kier molecular flexibility index (Phi) is 3.20. The Morgan fingerprint density at radius 1 is 1.39 bits per heavy atom. The molecule has 0 aliphatic heterocycles. The molecular formula is C12H12N2O3S. The second-order valence-corrected chi connectivity index (χ2v) is 4.78. The van der Waals surface area contributed by atoms with Crippen molar-refractivity contribution in [3.05, 3.63) is 23.1 Å². The molecule has 0 radical (unpaired) electrons. The number of carbonyl (C=O) groups is 2. The van der Waals surface area contributed by atoms with Crippen molar-refractivity contribution in [3.8, 4) is 0 Å². The fourth-order valence-electron chi connectivity index (χ4n) is 1.64. The van der Waals surface area contributed by atoms with E-state index in [0.717, 1.165) is 10.1 Å². The zero-order valence-electron chi connectivity index (χ0n) is 9.94. The normalized spacial score (nSPS) is 10.3. The van der Waals surface area contributed by atoms with Crippen molar-refractivity contribution in [1.29, 1.82) is 0 Å². The molecule has 2 rings (SSSR count). The van der Waals surface area contributed by atoms with Crippen molar-refractivity contribution in [2.24, 2.45) is 0 Å². The zero-order chi connectivity index (χ0) is 13.3. The summed E-state index contributed by atoms with van der Waals surface area (Å²) in [6, 6.07) is 5.32. The molecule has 0 aliphatic rings. The minimum atomic E-state index is -0.449. The molecule has 1 aromatic carbocycles. The monoisotopic (exact) mass is 264 g/mol. The van der Waals surface area contributed by atoms with E-state index in [1.807, 2.05) is 6.07 Å². The van der Waals surface area contributed by atoms with Crippen LogP contribution < -0.4 is 11.1 Å². The molecule has 5 nitrogen and oxygen atoms in total. The molecule has 94 valence electrons. The SMILES string of the molecule is COC(=O)c1sc2ccc(NC(C)=O)cc2c1N. The Balaban J connectivity index is 2.53. The number of rotatable bonds is 2. The number of hydrogen-bond donors (Lipinski definition) is 2. The average molecular weight is 264 g/mol. The van der Waals surface area contributed by atoms with Crippen LogP contribution in [-0.2, 0) is 9.53 Å². The number of ether oxygens (including phenoxy) is 1. The van der Waals surface area contributed by atoms with Crippen LogP contribution in [0.25, 0.3) is 10.1 Å². The molecule has 1 heterocycles. The van der Waals surface area contributed by atoms with Crippen molar-refractivity contribution >= 4 is 44.7 Å². The molecule has 0 saturated carbocycles. The van der Waals surface area contributed by atoms with Gasteiger partial charge in [-0.2, -0.15) is 0 Å². The minimum Gasteiger partial charge on any atom is -0.465 e. The minimum absolute atomic E-state index is 0.156. The predicted octanol–water partition coefficient (Wildman–Crippen LogP) is 2.23. The first-order chi connectivity index (χ1) is 8.52. The van der Waals surface area contributed by atoms with E-state index in [1.54, 1.807) is 12.1 Å². The van der Waals surface area contributed by atoms with E-state index in [1.165, 1.54) is 25.4 Å². The van der Waals surface area contributed by atoms with E-state index in [4.69, 9.17) is 5.73 Å². The van der Waals surface area contributed by atoms with E-state index in [2.05, 4.69) is 10.1 Å². The number of methoxy groups -OCH3 is 1. The highest BCUT2D eigenvalue weighted by atomic mass is 32.1. The maximum absolute atomic E-state index is 11.5. The molecule has 3 N–H and O–H groups in total. The molecule has 6 heteroatoms. The number of esters is 1. The summed E-state index contributed by atoms with van der Waals surface area (Å²) in [4.78, 5) is 22.9. The summed E-state index contributed by atoms with van der Waals surface area (Å²) in [7, 11) is 1.31. The van der Waals surface area contributed by atoms with Gasteiger partial charge >= 0.3 is 5.97 Å². The van der Waals surface area contributed by atoms with Gasteiger partial charge in [-0.05, 0) is 18.2 Å². The van der Waals surface area contributed by atoms with Crippen LogP contribution in [0, 0.1) is 0 Å². The van der Waals surface area contributed by atoms with Gasteiger partial charge in [-0.1, -0.05) is 0 Å². The summed E-state index contributed by atoms with van der Waals surface area (Å²) >= 11 is 1.27. The largest absolute Gasteiger partial charge is 0.465 e. The fraction of sp³-hybridized carbons (Fsp3) is 0.167. The van der Waals surface area contributed by atoms with Crippen LogP contribution >= 0.6 is 11.3 Å². The third kappa shape index (κ3) is 2.14. The van der Waals surface area contributed by atoms with E-state index in [9.17, 15) is 9.59 Å². The number of hydrogen-bond acceptors (Lipinski definition) is 5. The van der Waals surface area contributed by atoms with E-state index in [-0.39, 0.29) is 5.91 Å². The molecule has 0 bridgehead atoms. The van der Waals surface area contributed by atoms with Crippen LogP contribution in [0.4, 0.5) is 11.4 Å². The molecular weight excluding hydrogens is 252 g/mol. The Labute approximate surface area is 108 Å². The zero-order valence-corrected chi connectivity index (χ0v) is 10.8. The third-order valence-corrected chi connectivity index (χ3v) is 3.58. The summed E-state index contributed by atoms with van der Waals surface area (Å²) in [6.07, 6.45) is 0. The first kappa shape index (κ1) is 12.4. The number of nitrogens with one attached hydrogen (secondary N) is 1. The topological polar surface area (TPSA) is 81.4 Å². The first-order valence-electron chi connectivity index (χ1n) is 5.21. The summed E-state index contributed by atoms with van der Waals surface area (Å²) < 4.78 is 5.54. The van der Waals surface area contributed by atoms with Gasteiger partial charge in [0.15, 0.2) is 0 Å². The lowest BCUT2D eigenvalue weighted by Crippen LogP contribution is -2.05. The first-order valence-corrected chi connectivity index (χ1v) is 6.02. The molecule has 0 unspecified atom stereocenters. The Morgan fingerprint density at radius 2 is 2.11 bits per heavy atom. The van der Waals surface area contributed by atoms with Gasteiger partial charge in [-0.3, -0.25) is 4.79 Å². The van der Waals surface area contributed by atoms with E-state index < -0.39 is 5.97 Å². The van der Waals surface area contributed by atoms with E-state index in [0.29, 0.717) is 16.3 Å². The van der Waals surface area contributed by atoms with Crippen LogP contribution in [0.5, 0.6) is 0 Å². The molecule has 0 atom stereocenters. The standard InChI is InChI=1S/C12H12N2O3S/c1-6(15)14-7-3-4-9-8(5-7)10(13)11(18-9)12(16)17-2/h3-5H,13H2,1-2H3,(H,14,15). The summed E-state index contributed by atoms with van der Waals surface area (Å²) in [5.74, 6) is -0.605. The van der Waals surface area contributed by atoms with Gasteiger partial charge in [0, 0.05) is 22.7 Å². The van der Waals surface area contributed by atoms with Gasteiger partial charge in [0.05, 0.1) is 12.8 Å². The van der Waals surface area contributed by atoms with Crippen molar-refractivity contribution in [2.75, 3.05) is 18.2 Å². The predicted molar refractivity (Wildman–Crippen MR) is 71.9 cm³/mol. The molecule has 0 aliphatic carbocycles. The second kappa shape index (κ2) is 4.66. The van der Waals surface area contributed by atoms with Crippen LogP contribution in [0.3, 0.4) is 0 Å². The van der Waals surface area contributed by atoms with Gasteiger partial charge in [0.2, 0.25) is 5.91 Å². The highest BCUT2D eigenvalue weighted by Crippen LogP contribution is 2.35. The van der Waals surface area contributed by atoms with E-state index >= 15 is 0 Å². The lowest BCUT2D eigenvalue weighted by molar-refractivity contribution is -0.114. The van der Waals surface area contributed by atoms with Gasteiger partial charge in [-0.15, -0.1) is 11.3 Å². The molecule has 0 spiro atoms. The van der Waals surface area contributed by atoms with Gasteiger partial charge in [0.25, 0.3) is 0 Å². The third-order valence-electron chi connectivity index (χ3n) is 2.42. The van der Waals surface area contributed by atoms with Crippen LogP contribution in [-0.4, -0.2) is 19.0 Å². The van der Waals surface area contributed by atoms with Crippen LogP contribution in [0.15, 0.2) is 18.2 Å². The quantitative estimate of drug-likeness (QED) is 0.815. The molecule has 1 aromatic heterocycles. The molecule has 0 fully saturated rings. The maximum atomic E-state index is 11.5. The number of benzene rings is 1. The van der Waals surface area contributed by atoms with Crippen molar-refractivity contribution in [2.45, 2.75) is 6.92 Å². The fourth-order valence-corrected chi connectivity index (χ4v) is 2.66. The summed E-state index contributed by atoms with van der Waals surface area (Å²) in [6.45, 7) is 1.43. The molecule has 0 saturated heterocycles. The van der Waals surface area contributed by atoms with Crippen molar-refractivity contribution < 1.29 is 14.3 Å². The number of fused-ring (bicyclic) bond motifs is 1. The molecule has 1 amide bonds. The Hall–Kier alpha value is -2.08. The number of carbonyl (C=O) groups excluding carboxylic acids is 2. The van der Waals surface area contributed by atoms with Gasteiger partial charge in [0.1, 0.15) is 4.88 Å².